The number of benzene rings is 2. The molecule has 6 heteroatoms. The highest BCUT2D eigenvalue weighted by Crippen LogP contribution is 2.17. The third-order valence-corrected chi connectivity index (χ3v) is 2.97. The number of carbonyl (C=O) groups is 1. The second kappa shape index (κ2) is 6.30. The van der Waals surface area contributed by atoms with Crippen LogP contribution in [0.4, 0.5) is 18.9 Å². The van der Waals surface area contributed by atoms with Gasteiger partial charge in [-0.25, -0.2) is 13.2 Å². The molecule has 2 rings (SSSR count). The highest BCUT2D eigenvalue weighted by molar-refractivity contribution is 5.99. The lowest BCUT2D eigenvalue weighted by Gasteiger charge is -2.08. The van der Waals surface area contributed by atoms with E-state index < -0.39 is 17.5 Å². The number of hydrogen-bond donors (Lipinski definition) is 2. The molecule has 0 aliphatic carbocycles. The molecule has 2 aromatic rings. The Bertz CT molecular complexity index is 674. The number of nitrogen functional groups attached to an aromatic ring is 1. The Hall–Kier alpha value is -2.50. The lowest BCUT2D eigenvalue weighted by atomic mass is 10.1. The number of halogens is 3. The number of carbonyl (C=O) groups excluding carboxylic acids is 1. The Kier molecular flexibility index (Phi) is 4.47. The normalized spacial score (nSPS) is 10.4. The third-order valence-electron chi connectivity index (χ3n) is 2.97. The second-order valence-electron chi connectivity index (χ2n) is 4.45. The quantitative estimate of drug-likeness (QED) is 0.852. The maximum Gasteiger partial charge on any atom is 0.253 e. The van der Waals surface area contributed by atoms with E-state index in [-0.39, 0.29) is 30.0 Å². The molecule has 3 N–H and O–H groups in total. The molecule has 0 radical (unpaired) electrons. The number of anilines is 1. The largest absolute Gasteiger partial charge is 0.398 e. The van der Waals surface area contributed by atoms with Crippen LogP contribution in [0.15, 0.2) is 36.4 Å². The molecule has 110 valence electrons. The first-order chi connectivity index (χ1) is 9.99. The zero-order valence-electron chi connectivity index (χ0n) is 11.0. The molecule has 0 atom stereocenters. The first kappa shape index (κ1) is 14.9. The molecule has 3 nitrogen and oxygen atoms in total. The summed E-state index contributed by atoms with van der Waals surface area (Å²) < 4.78 is 39.4. The molecule has 0 aromatic heterocycles. The van der Waals surface area contributed by atoms with E-state index >= 15 is 0 Å². The summed E-state index contributed by atoms with van der Waals surface area (Å²) in [6.45, 7) is 0.151. The van der Waals surface area contributed by atoms with Gasteiger partial charge in [0.15, 0.2) is 11.6 Å². The smallest absolute Gasteiger partial charge is 0.253 e. The molecule has 0 saturated carbocycles. The van der Waals surface area contributed by atoms with Crippen LogP contribution in [0.1, 0.15) is 15.9 Å². The Morgan fingerprint density at radius 1 is 1.05 bits per heavy atom. The van der Waals surface area contributed by atoms with Crippen molar-refractivity contribution in [1.29, 1.82) is 0 Å². The molecular weight excluding hydrogens is 281 g/mol. The fourth-order valence-electron chi connectivity index (χ4n) is 1.87. The maximum atomic E-state index is 13.4. The monoisotopic (exact) mass is 294 g/mol. The predicted molar refractivity (Wildman–Crippen MR) is 73.2 cm³/mol. The summed E-state index contributed by atoms with van der Waals surface area (Å²) in [7, 11) is 0. The molecule has 0 aliphatic rings. The van der Waals surface area contributed by atoms with E-state index in [1.807, 2.05) is 0 Å². The van der Waals surface area contributed by atoms with Crippen LogP contribution < -0.4 is 11.1 Å². The van der Waals surface area contributed by atoms with Crippen molar-refractivity contribution in [3.8, 4) is 0 Å². The molecule has 0 heterocycles. The van der Waals surface area contributed by atoms with Crippen molar-refractivity contribution < 1.29 is 18.0 Å². The van der Waals surface area contributed by atoms with Crippen LogP contribution in [0.5, 0.6) is 0 Å². The van der Waals surface area contributed by atoms with Gasteiger partial charge in [0.25, 0.3) is 5.91 Å². The average Bonchev–Trinajstić information content (AvgIpc) is 2.44. The average molecular weight is 294 g/mol. The highest BCUT2D eigenvalue weighted by Gasteiger charge is 2.14. The van der Waals surface area contributed by atoms with E-state index in [1.54, 1.807) is 18.2 Å². The molecule has 0 fully saturated rings. The van der Waals surface area contributed by atoms with Gasteiger partial charge in [-0.3, -0.25) is 4.79 Å². The molecule has 0 spiro atoms. The number of nitrogens with one attached hydrogen (secondary N) is 1. The van der Waals surface area contributed by atoms with E-state index in [2.05, 4.69) is 5.32 Å². The van der Waals surface area contributed by atoms with Gasteiger partial charge in [0, 0.05) is 18.3 Å². The van der Waals surface area contributed by atoms with Crippen molar-refractivity contribution in [2.75, 3.05) is 12.3 Å². The molecule has 0 aliphatic heterocycles. The first-order valence-corrected chi connectivity index (χ1v) is 6.25. The standard InChI is InChI=1S/C15H13F3N2O/c16-11-4-2-1-3-9(11)5-6-20-15(21)10-7-12(17)13(18)8-14(10)19/h1-4,7-8H,5-6,19H2,(H,20,21). The molecule has 0 unspecified atom stereocenters. The van der Waals surface area contributed by atoms with Crippen LogP contribution in [0.3, 0.4) is 0 Å². The van der Waals surface area contributed by atoms with E-state index in [4.69, 9.17) is 5.73 Å². The first-order valence-electron chi connectivity index (χ1n) is 6.25. The number of rotatable bonds is 4. The molecule has 21 heavy (non-hydrogen) atoms. The Morgan fingerprint density at radius 2 is 1.71 bits per heavy atom. The minimum Gasteiger partial charge on any atom is -0.398 e. The summed E-state index contributed by atoms with van der Waals surface area (Å²) in [6, 6.07) is 7.68. The summed E-state index contributed by atoms with van der Waals surface area (Å²) in [5.41, 5.74) is 5.62. The van der Waals surface area contributed by atoms with Gasteiger partial charge in [-0.1, -0.05) is 18.2 Å². The van der Waals surface area contributed by atoms with E-state index in [0.717, 1.165) is 12.1 Å². The van der Waals surface area contributed by atoms with Crippen LogP contribution in [-0.4, -0.2) is 12.5 Å². The van der Waals surface area contributed by atoms with Gasteiger partial charge in [0.1, 0.15) is 5.82 Å². The zero-order valence-corrected chi connectivity index (χ0v) is 11.0. The fraction of sp³-hybridized carbons (Fsp3) is 0.133. The third kappa shape index (κ3) is 3.53. The van der Waals surface area contributed by atoms with Crippen molar-refractivity contribution in [3.05, 3.63) is 65.0 Å². The zero-order chi connectivity index (χ0) is 15.4. The minimum absolute atomic E-state index is 0.151. The lowest BCUT2D eigenvalue weighted by molar-refractivity contribution is 0.0954. The van der Waals surface area contributed by atoms with Crippen LogP contribution in [0.2, 0.25) is 0 Å². The SMILES string of the molecule is Nc1cc(F)c(F)cc1C(=O)NCCc1ccccc1F. The Morgan fingerprint density at radius 3 is 2.43 bits per heavy atom. The summed E-state index contributed by atoms with van der Waals surface area (Å²) in [5, 5.41) is 2.49. The molecule has 2 aromatic carbocycles. The lowest BCUT2D eigenvalue weighted by Crippen LogP contribution is -2.27. The number of hydrogen-bond acceptors (Lipinski definition) is 2. The summed E-state index contributed by atoms with van der Waals surface area (Å²) in [4.78, 5) is 11.8. The number of nitrogens with two attached hydrogens (primary N) is 1. The Balaban J connectivity index is 2.00. The summed E-state index contributed by atoms with van der Waals surface area (Å²) in [5.74, 6) is -3.26. The second-order valence-corrected chi connectivity index (χ2v) is 4.45. The topological polar surface area (TPSA) is 55.1 Å². The van der Waals surface area contributed by atoms with Crippen molar-refractivity contribution >= 4 is 11.6 Å². The van der Waals surface area contributed by atoms with Gasteiger partial charge in [-0.05, 0) is 24.1 Å². The molecule has 0 saturated heterocycles. The molecule has 1 amide bonds. The van der Waals surface area contributed by atoms with Gasteiger partial charge >= 0.3 is 0 Å². The van der Waals surface area contributed by atoms with Crippen molar-refractivity contribution in [2.45, 2.75) is 6.42 Å². The summed E-state index contributed by atoms with van der Waals surface area (Å²) >= 11 is 0. The molecule has 0 bridgehead atoms. The van der Waals surface area contributed by atoms with Crippen LogP contribution >= 0.6 is 0 Å². The maximum absolute atomic E-state index is 13.4. The van der Waals surface area contributed by atoms with Gasteiger partial charge in [0.2, 0.25) is 0 Å². The fourth-order valence-corrected chi connectivity index (χ4v) is 1.87. The van der Waals surface area contributed by atoms with Crippen molar-refractivity contribution in [3.63, 3.8) is 0 Å². The van der Waals surface area contributed by atoms with Crippen molar-refractivity contribution in [1.82, 2.24) is 5.32 Å². The van der Waals surface area contributed by atoms with Gasteiger partial charge < -0.3 is 11.1 Å². The van der Waals surface area contributed by atoms with E-state index in [1.165, 1.54) is 6.07 Å². The molecular formula is C15H13F3N2O. The van der Waals surface area contributed by atoms with Crippen LogP contribution in [0, 0.1) is 17.5 Å². The Labute approximate surface area is 119 Å². The predicted octanol–water partition coefficient (Wildman–Crippen LogP) is 2.66. The van der Waals surface area contributed by atoms with E-state index in [9.17, 15) is 18.0 Å². The minimum atomic E-state index is -1.15. The van der Waals surface area contributed by atoms with Crippen molar-refractivity contribution in [2.24, 2.45) is 0 Å². The van der Waals surface area contributed by atoms with Crippen LogP contribution in [-0.2, 0) is 6.42 Å². The number of amides is 1. The van der Waals surface area contributed by atoms with E-state index in [0.29, 0.717) is 5.56 Å². The highest BCUT2D eigenvalue weighted by atomic mass is 19.2. The summed E-state index contributed by atoms with van der Waals surface area (Å²) in [6.07, 6.45) is 0.280. The van der Waals surface area contributed by atoms with Gasteiger partial charge in [-0.15, -0.1) is 0 Å². The van der Waals surface area contributed by atoms with Crippen LogP contribution in [0.25, 0.3) is 0 Å². The van der Waals surface area contributed by atoms with Gasteiger partial charge in [-0.2, -0.15) is 0 Å². The van der Waals surface area contributed by atoms with Gasteiger partial charge in [0.05, 0.1) is 5.56 Å².